The van der Waals surface area contributed by atoms with Gasteiger partial charge in [-0.2, -0.15) is 23.4 Å². The van der Waals surface area contributed by atoms with Crippen molar-refractivity contribution in [3.63, 3.8) is 0 Å². The van der Waals surface area contributed by atoms with Crippen molar-refractivity contribution in [2.45, 2.75) is 78.1 Å². The number of aromatic amines is 1. The van der Waals surface area contributed by atoms with Crippen LogP contribution in [0.3, 0.4) is 0 Å². The molecule has 1 fully saturated rings. The summed E-state index contributed by atoms with van der Waals surface area (Å²) in [6, 6.07) is 5.93. The summed E-state index contributed by atoms with van der Waals surface area (Å²) in [6.45, 7) is 10.6. The van der Waals surface area contributed by atoms with Gasteiger partial charge < -0.3 is 15.0 Å². The number of nitrogens with one attached hydrogen (secondary N) is 2. The van der Waals surface area contributed by atoms with E-state index in [1.54, 1.807) is 15.8 Å². The lowest BCUT2D eigenvalue weighted by atomic mass is 9.92. The minimum Gasteiger partial charge on any atom is -0.444 e. The molecule has 1 saturated heterocycles. The highest BCUT2D eigenvalue weighted by Gasteiger charge is 2.51. The van der Waals surface area contributed by atoms with Crippen LogP contribution in [0.25, 0.3) is 11.8 Å². The number of nitrogens with zero attached hydrogens (tertiary/aromatic N) is 5. The number of halogens is 3. The molecule has 0 radical (unpaired) electrons. The Kier molecular flexibility index (Phi) is 8.51. The van der Waals surface area contributed by atoms with E-state index in [2.05, 4.69) is 31.7 Å². The van der Waals surface area contributed by atoms with E-state index in [-0.39, 0.29) is 24.0 Å². The zero-order valence-electron chi connectivity index (χ0n) is 24.6. The van der Waals surface area contributed by atoms with E-state index in [0.29, 0.717) is 13.1 Å². The van der Waals surface area contributed by atoms with E-state index in [1.807, 2.05) is 45.9 Å². The second-order valence-electron chi connectivity index (χ2n) is 11.9. The summed E-state index contributed by atoms with van der Waals surface area (Å²) in [4.78, 5) is 30.6. The first kappa shape index (κ1) is 30.8. The molecular formula is C29H36F3N7O3. The second-order valence-corrected chi connectivity index (χ2v) is 11.9. The molecule has 2 amide bonds. The third-order valence-electron chi connectivity index (χ3n) is 6.96. The minimum atomic E-state index is -4.52. The molecule has 2 N–H and O–H groups in total. The van der Waals surface area contributed by atoms with Gasteiger partial charge in [-0.3, -0.25) is 9.89 Å². The smallest absolute Gasteiger partial charge is 0.410 e. The highest BCUT2D eigenvalue weighted by atomic mass is 19.4. The quantitative estimate of drug-likeness (QED) is 0.394. The van der Waals surface area contributed by atoms with Crippen LogP contribution in [0.1, 0.15) is 80.6 Å². The monoisotopic (exact) mass is 587 g/mol. The molecular weight excluding hydrogens is 551 g/mol. The molecule has 0 bridgehead atoms. The number of amides is 2. The van der Waals surface area contributed by atoms with Gasteiger partial charge in [-0.15, -0.1) is 0 Å². The SMILES string of the molecule is Cc1cc(C=C2CCN(C(=O)OC(C)(C)C)CC2)ccc1-n1cc(C(=O)NCc2nc(C(C)(C)C(F)(F)F)n[nH]2)cn1. The summed E-state index contributed by atoms with van der Waals surface area (Å²) in [5.41, 5.74) is 1.57. The molecule has 1 aromatic carbocycles. The van der Waals surface area contributed by atoms with Crippen molar-refractivity contribution >= 4 is 18.1 Å². The average Bonchev–Trinajstić information content (AvgIpc) is 3.57. The molecule has 10 nitrogen and oxygen atoms in total. The Labute approximate surface area is 242 Å². The number of piperidine rings is 1. The molecule has 0 saturated carbocycles. The van der Waals surface area contributed by atoms with Crippen LogP contribution in [0.15, 0.2) is 36.2 Å². The van der Waals surface area contributed by atoms with Crippen molar-refractivity contribution < 1.29 is 27.5 Å². The predicted molar refractivity (Wildman–Crippen MR) is 150 cm³/mol. The number of aryl methyl sites for hydroxylation is 1. The van der Waals surface area contributed by atoms with Gasteiger partial charge in [0, 0.05) is 19.3 Å². The van der Waals surface area contributed by atoms with Crippen LogP contribution < -0.4 is 5.32 Å². The molecule has 0 aliphatic carbocycles. The zero-order valence-corrected chi connectivity index (χ0v) is 24.6. The predicted octanol–water partition coefficient (Wildman–Crippen LogP) is 5.48. The van der Waals surface area contributed by atoms with E-state index in [0.717, 1.165) is 43.5 Å². The molecule has 0 spiro atoms. The van der Waals surface area contributed by atoms with Crippen LogP contribution in [0, 0.1) is 6.92 Å². The lowest BCUT2D eigenvalue weighted by molar-refractivity contribution is -0.182. The summed E-state index contributed by atoms with van der Waals surface area (Å²) in [5.74, 6) is -0.738. The van der Waals surface area contributed by atoms with Crippen molar-refractivity contribution in [3.8, 4) is 5.69 Å². The highest BCUT2D eigenvalue weighted by molar-refractivity contribution is 5.93. The summed E-state index contributed by atoms with van der Waals surface area (Å²) < 4.78 is 46.8. The number of rotatable bonds is 6. The highest BCUT2D eigenvalue weighted by Crippen LogP contribution is 2.38. The molecule has 3 heterocycles. The Bertz CT molecular complexity index is 1470. The van der Waals surface area contributed by atoms with Crippen LogP contribution in [0.4, 0.5) is 18.0 Å². The number of benzene rings is 1. The maximum Gasteiger partial charge on any atom is 0.410 e. The van der Waals surface area contributed by atoms with Crippen LogP contribution in [-0.2, 0) is 16.7 Å². The van der Waals surface area contributed by atoms with E-state index in [4.69, 9.17) is 4.74 Å². The average molecular weight is 588 g/mol. The molecule has 4 rings (SSSR count). The number of H-pyrrole nitrogens is 1. The molecule has 42 heavy (non-hydrogen) atoms. The zero-order chi connectivity index (χ0) is 30.9. The molecule has 0 unspecified atom stereocenters. The molecule has 0 atom stereocenters. The van der Waals surface area contributed by atoms with Crippen LogP contribution in [-0.4, -0.2) is 66.7 Å². The van der Waals surface area contributed by atoms with Gasteiger partial charge in [0.05, 0.1) is 24.0 Å². The summed E-state index contributed by atoms with van der Waals surface area (Å²) in [5, 5.41) is 13.1. The van der Waals surface area contributed by atoms with Gasteiger partial charge in [-0.25, -0.2) is 14.5 Å². The van der Waals surface area contributed by atoms with Gasteiger partial charge in [-0.05, 0) is 77.6 Å². The molecule has 1 aliphatic rings. The largest absolute Gasteiger partial charge is 0.444 e. The topological polar surface area (TPSA) is 118 Å². The van der Waals surface area contributed by atoms with Gasteiger partial charge >= 0.3 is 12.3 Å². The lowest BCUT2D eigenvalue weighted by Gasteiger charge is -2.31. The first-order chi connectivity index (χ1) is 19.5. The van der Waals surface area contributed by atoms with E-state index in [1.165, 1.54) is 11.8 Å². The third kappa shape index (κ3) is 7.18. The number of carbonyl (C=O) groups is 2. The third-order valence-corrected chi connectivity index (χ3v) is 6.96. The minimum absolute atomic E-state index is 0.110. The molecule has 3 aromatic rings. The first-order valence-electron chi connectivity index (χ1n) is 13.6. The Balaban J connectivity index is 1.35. The van der Waals surface area contributed by atoms with Crippen LogP contribution >= 0.6 is 0 Å². The molecule has 226 valence electrons. The fourth-order valence-electron chi connectivity index (χ4n) is 4.33. The number of carbonyl (C=O) groups excluding carboxylic acids is 2. The Morgan fingerprint density at radius 3 is 2.43 bits per heavy atom. The molecule has 1 aliphatic heterocycles. The number of likely N-dealkylation sites (tertiary alicyclic amines) is 1. The van der Waals surface area contributed by atoms with Crippen LogP contribution in [0.2, 0.25) is 0 Å². The van der Waals surface area contributed by atoms with Gasteiger partial charge in [0.25, 0.3) is 5.91 Å². The van der Waals surface area contributed by atoms with Crippen molar-refractivity contribution in [1.82, 2.24) is 35.2 Å². The van der Waals surface area contributed by atoms with Crippen molar-refractivity contribution in [2.24, 2.45) is 0 Å². The maximum atomic E-state index is 13.2. The normalized spacial score (nSPS) is 14.6. The molecule has 2 aromatic heterocycles. The standard InChI is InChI=1S/C29H36F3N7O3/c1-18-13-20(14-19-9-11-38(12-10-19)26(41)42-27(2,3)4)7-8-22(18)39-17-21(15-34-39)24(40)33-16-23-35-25(37-36-23)28(5,6)29(30,31)32/h7-8,13-15,17H,9-12,16H2,1-6H3,(H,33,40)(H,35,36,37). The summed E-state index contributed by atoms with van der Waals surface area (Å²) >= 11 is 0. The summed E-state index contributed by atoms with van der Waals surface area (Å²) in [7, 11) is 0. The van der Waals surface area contributed by atoms with Gasteiger partial charge in [0.2, 0.25) is 0 Å². The molecule has 13 heteroatoms. The number of aromatic nitrogens is 5. The number of hydrogen-bond donors (Lipinski definition) is 2. The van der Waals surface area contributed by atoms with Crippen molar-refractivity contribution in [2.75, 3.05) is 13.1 Å². The fraction of sp³-hybridized carbons (Fsp3) is 0.483. The Hall–Kier alpha value is -4.16. The van der Waals surface area contributed by atoms with Crippen LogP contribution in [0.5, 0.6) is 0 Å². The maximum absolute atomic E-state index is 13.2. The van der Waals surface area contributed by atoms with E-state index in [9.17, 15) is 22.8 Å². The van der Waals surface area contributed by atoms with Gasteiger partial charge in [-0.1, -0.05) is 17.7 Å². The number of alkyl halides is 3. The van der Waals surface area contributed by atoms with E-state index < -0.39 is 28.9 Å². The lowest BCUT2D eigenvalue weighted by Crippen LogP contribution is -2.40. The number of ether oxygens (including phenoxy) is 1. The van der Waals surface area contributed by atoms with Crippen molar-refractivity contribution in [1.29, 1.82) is 0 Å². The van der Waals surface area contributed by atoms with Gasteiger partial charge in [0.1, 0.15) is 16.8 Å². The Morgan fingerprint density at radius 1 is 1.12 bits per heavy atom. The first-order valence-corrected chi connectivity index (χ1v) is 13.6. The van der Waals surface area contributed by atoms with Crippen molar-refractivity contribution in [3.05, 3.63) is 64.5 Å². The summed E-state index contributed by atoms with van der Waals surface area (Å²) in [6.07, 6.45) is 1.88. The van der Waals surface area contributed by atoms with E-state index >= 15 is 0 Å². The second kappa shape index (κ2) is 11.6. The Morgan fingerprint density at radius 2 is 1.81 bits per heavy atom. The van der Waals surface area contributed by atoms with Gasteiger partial charge in [0.15, 0.2) is 5.82 Å². The fourth-order valence-corrected chi connectivity index (χ4v) is 4.33. The number of hydrogen-bond acceptors (Lipinski definition) is 6.